The van der Waals surface area contributed by atoms with Gasteiger partial charge in [-0.25, -0.2) is 9.59 Å². The summed E-state index contributed by atoms with van der Waals surface area (Å²) >= 11 is 0. The number of anilines is 2. The van der Waals surface area contributed by atoms with E-state index in [1.54, 1.807) is 18.3 Å². The third kappa shape index (κ3) is 5.76. The predicted octanol–water partition coefficient (Wildman–Crippen LogP) is 5.45. The summed E-state index contributed by atoms with van der Waals surface area (Å²) in [5.74, 6) is 0.698. The first-order valence-electron chi connectivity index (χ1n) is 9.85. The van der Waals surface area contributed by atoms with Crippen molar-refractivity contribution in [2.45, 2.75) is 39.8 Å². The minimum atomic E-state index is -0.547. The van der Waals surface area contributed by atoms with Crippen LogP contribution in [-0.2, 0) is 11.3 Å². The molecule has 1 aliphatic heterocycles. The second kappa shape index (κ2) is 8.90. The maximum absolute atomic E-state index is 12.3. The van der Waals surface area contributed by atoms with Crippen molar-refractivity contribution in [2.75, 3.05) is 17.2 Å². The molecule has 7 nitrogen and oxygen atoms in total. The molecule has 1 heterocycles. The lowest BCUT2D eigenvalue weighted by atomic mass is 10.0. The number of benzene rings is 2. The van der Waals surface area contributed by atoms with E-state index in [-0.39, 0.29) is 12.1 Å². The van der Waals surface area contributed by atoms with Crippen LogP contribution >= 0.6 is 0 Å². The van der Waals surface area contributed by atoms with Crippen LogP contribution in [0.15, 0.2) is 48.7 Å². The number of nitrogens with one attached hydrogen (secondary N) is 2. The number of nitrogens with zero attached hydrogens (tertiary/aromatic N) is 1. The van der Waals surface area contributed by atoms with Crippen molar-refractivity contribution >= 4 is 29.6 Å². The van der Waals surface area contributed by atoms with E-state index in [2.05, 4.69) is 10.6 Å². The highest BCUT2D eigenvalue weighted by molar-refractivity contribution is 6.00. The molecule has 0 saturated carbocycles. The van der Waals surface area contributed by atoms with Crippen LogP contribution in [0.5, 0.6) is 5.75 Å². The van der Waals surface area contributed by atoms with Gasteiger partial charge in [-0.05, 0) is 69.2 Å². The molecule has 0 unspecified atom stereocenters. The van der Waals surface area contributed by atoms with Crippen LogP contribution < -0.4 is 15.4 Å². The largest absolute Gasteiger partial charge is 0.494 e. The van der Waals surface area contributed by atoms with Gasteiger partial charge in [0, 0.05) is 23.6 Å². The Morgan fingerprint density at radius 3 is 2.50 bits per heavy atom. The van der Waals surface area contributed by atoms with E-state index in [0.717, 1.165) is 11.1 Å². The fourth-order valence-electron chi connectivity index (χ4n) is 2.95. The van der Waals surface area contributed by atoms with Crippen LogP contribution in [0.1, 0.15) is 38.8 Å². The number of fused-ring (bicyclic) bond motifs is 1. The topological polar surface area (TPSA) is 79.9 Å². The Labute approximate surface area is 176 Å². The second-order valence-corrected chi connectivity index (χ2v) is 7.88. The Kier molecular flexibility index (Phi) is 6.30. The number of amides is 3. The van der Waals surface area contributed by atoms with Crippen LogP contribution in [0.25, 0.3) is 6.08 Å². The SMILES string of the molecule is CCOc1cccc(NC(=O)Nc2ccc3c(c2)C=CN(C(=O)OC(C)(C)C)C3)c1. The van der Waals surface area contributed by atoms with E-state index < -0.39 is 5.60 Å². The highest BCUT2D eigenvalue weighted by Crippen LogP contribution is 2.25. The number of carbonyl (C=O) groups excluding carboxylic acids is 2. The molecule has 0 saturated heterocycles. The first kappa shape index (κ1) is 21.2. The first-order valence-corrected chi connectivity index (χ1v) is 9.85. The standard InChI is InChI=1S/C23H27N3O4/c1-5-29-20-8-6-7-18(14-20)24-21(27)25-19-10-9-17-15-26(12-11-16(17)13-19)22(28)30-23(2,3)4/h6-14H,5,15H2,1-4H3,(H2,24,25,27). The zero-order valence-corrected chi connectivity index (χ0v) is 17.7. The van der Waals surface area contributed by atoms with Crippen LogP contribution in [0.2, 0.25) is 0 Å². The number of hydrogen-bond acceptors (Lipinski definition) is 4. The van der Waals surface area contributed by atoms with Crippen molar-refractivity contribution in [1.29, 1.82) is 0 Å². The fraction of sp³-hybridized carbons (Fsp3) is 0.304. The highest BCUT2D eigenvalue weighted by Gasteiger charge is 2.23. The summed E-state index contributed by atoms with van der Waals surface area (Å²) in [5, 5.41) is 5.62. The van der Waals surface area contributed by atoms with Crippen LogP contribution in [0.4, 0.5) is 21.0 Å². The molecule has 7 heteroatoms. The molecule has 0 spiro atoms. The summed E-state index contributed by atoms with van der Waals surface area (Å²) in [4.78, 5) is 26.1. The Morgan fingerprint density at radius 2 is 1.80 bits per heavy atom. The van der Waals surface area contributed by atoms with Crippen molar-refractivity contribution in [3.8, 4) is 5.75 Å². The Balaban J connectivity index is 1.62. The molecule has 0 aromatic heterocycles. The van der Waals surface area contributed by atoms with E-state index in [1.165, 1.54) is 4.90 Å². The molecule has 0 atom stereocenters. The molecule has 0 aliphatic carbocycles. The molecular formula is C23H27N3O4. The van der Waals surface area contributed by atoms with Crippen molar-refractivity contribution in [2.24, 2.45) is 0 Å². The average molecular weight is 409 g/mol. The van der Waals surface area contributed by atoms with Gasteiger partial charge in [0.2, 0.25) is 0 Å². The summed E-state index contributed by atoms with van der Waals surface area (Å²) in [6.07, 6.45) is 3.14. The maximum atomic E-state index is 12.3. The summed E-state index contributed by atoms with van der Waals surface area (Å²) in [6, 6.07) is 12.4. The fourth-order valence-corrected chi connectivity index (χ4v) is 2.95. The lowest BCUT2D eigenvalue weighted by Gasteiger charge is -2.27. The first-order chi connectivity index (χ1) is 14.2. The van der Waals surface area contributed by atoms with Crippen molar-refractivity contribution in [3.05, 3.63) is 59.8 Å². The van der Waals surface area contributed by atoms with Gasteiger partial charge in [-0.3, -0.25) is 4.90 Å². The molecule has 2 aromatic carbocycles. The van der Waals surface area contributed by atoms with Crippen LogP contribution in [-0.4, -0.2) is 29.2 Å². The maximum Gasteiger partial charge on any atom is 0.414 e. The van der Waals surface area contributed by atoms with Gasteiger partial charge in [0.1, 0.15) is 11.4 Å². The van der Waals surface area contributed by atoms with Gasteiger partial charge >= 0.3 is 12.1 Å². The smallest absolute Gasteiger partial charge is 0.414 e. The molecule has 0 bridgehead atoms. The molecule has 158 valence electrons. The molecule has 30 heavy (non-hydrogen) atoms. The Bertz CT molecular complexity index is 963. The molecule has 1 aliphatic rings. The normalized spacial score (nSPS) is 12.7. The van der Waals surface area contributed by atoms with E-state index in [0.29, 0.717) is 30.3 Å². The van der Waals surface area contributed by atoms with E-state index in [1.807, 2.05) is 64.1 Å². The molecule has 2 N–H and O–H groups in total. The minimum Gasteiger partial charge on any atom is -0.494 e. The third-order valence-corrected chi connectivity index (χ3v) is 4.21. The second-order valence-electron chi connectivity index (χ2n) is 7.88. The van der Waals surface area contributed by atoms with Gasteiger partial charge in [0.25, 0.3) is 0 Å². The lowest BCUT2D eigenvalue weighted by Crippen LogP contribution is -2.34. The molecule has 2 aromatic rings. The van der Waals surface area contributed by atoms with Crippen molar-refractivity contribution < 1.29 is 19.1 Å². The third-order valence-electron chi connectivity index (χ3n) is 4.21. The minimum absolute atomic E-state index is 0.348. The quantitative estimate of drug-likeness (QED) is 0.704. The number of urea groups is 1. The monoisotopic (exact) mass is 409 g/mol. The molecule has 3 amide bonds. The van der Waals surface area contributed by atoms with Crippen molar-refractivity contribution in [1.82, 2.24) is 4.90 Å². The summed E-state index contributed by atoms with van der Waals surface area (Å²) in [7, 11) is 0. The predicted molar refractivity (Wildman–Crippen MR) is 118 cm³/mol. The lowest BCUT2D eigenvalue weighted by molar-refractivity contribution is 0.0322. The van der Waals surface area contributed by atoms with E-state index in [9.17, 15) is 9.59 Å². The summed E-state index contributed by atoms with van der Waals surface area (Å²) in [5.41, 5.74) is 2.66. The van der Waals surface area contributed by atoms with E-state index in [4.69, 9.17) is 9.47 Å². The highest BCUT2D eigenvalue weighted by atomic mass is 16.6. The van der Waals surface area contributed by atoms with Gasteiger partial charge in [0.15, 0.2) is 0 Å². The van der Waals surface area contributed by atoms with Gasteiger partial charge in [-0.2, -0.15) is 0 Å². The van der Waals surface area contributed by atoms with Gasteiger partial charge in [-0.1, -0.05) is 12.1 Å². The molecular weight excluding hydrogens is 382 g/mol. The number of carbonyl (C=O) groups is 2. The molecule has 0 radical (unpaired) electrons. The van der Waals surface area contributed by atoms with Crippen molar-refractivity contribution in [3.63, 3.8) is 0 Å². The van der Waals surface area contributed by atoms with Crippen LogP contribution in [0.3, 0.4) is 0 Å². The zero-order valence-electron chi connectivity index (χ0n) is 17.7. The summed E-state index contributed by atoms with van der Waals surface area (Å²) < 4.78 is 10.9. The van der Waals surface area contributed by atoms with Crippen LogP contribution in [0, 0.1) is 0 Å². The number of hydrogen-bond donors (Lipinski definition) is 2. The number of ether oxygens (including phenoxy) is 2. The Hall–Kier alpha value is -3.48. The average Bonchev–Trinajstić information content (AvgIpc) is 2.66. The Morgan fingerprint density at radius 1 is 1.07 bits per heavy atom. The molecule has 3 rings (SSSR count). The van der Waals surface area contributed by atoms with E-state index >= 15 is 0 Å². The van der Waals surface area contributed by atoms with Gasteiger partial charge < -0.3 is 20.1 Å². The summed E-state index contributed by atoms with van der Waals surface area (Å²) in [6.45, 7) is 8.39. The van der Waals surface area contributed by atoms with Gasteiger partial charge in [-0.15, -0.1) is 0 Å². The zero-order chi connectivity index (χ0) is 21.7. The van der Waals surface area contributed by atoms with Gasteiger partial charge in [0.05, 0.1) is 13.2 Å². The number of rotatable bonds is 4. The molecule has 0 fully saturated rings.